The van der Waals surface area contributed by atoms with Gasteiger partial charge in [0.25, 0.3) is 0 Å². The van der Waals surface area contributed by atoms with Crippen LogP contribution in [0.1, 0.15) is 44.1 Å². The first-order chi connectivity index (χ1) is 10.1. The van der Waals surface area contributed by atoms with Crippen LogP contribution in [0.5, 0.6) is 5.75 Å². The number of ether oxygens (including phenoxy) is 1. The standard InChI is InChI=1S/C18H18O3/c1-12(19)21-18-16-8-3-2-5-13(16)9-10-17(18)14-6-4-7-15(20)11-14/h2-3,5,8-10,14H,4,6-7,11H2,1H3. The fraction of sp³-hybridized carbons (Fsp3) is 0.333. The van der Waals surface area contributed by atoms with Gasteiger partial charge in [-0.2, -0.15) is 0 Å². The molecule has 3 rings (SSSR count). The summed E-state index contributed by atoms with van der Waals surface area (Å²) in [6.45, 7) is 1.41. The molecular weight excluding hydrogens is 264 g/mol. The summed E-state index contributed by atoms with van der Waals surface area (Å²) in [4.78, 5) is 23.2. The molecule has 21 heavy (non-hydrogen) atoms. The van der Waals surface area contributed by atoms with Crippen molar-refractivity contribution in [3.63, 3.8) is 0 Å². The highest BCUT2D eigenvalue weighted by molar-refractivity contribution is 5.92. The molecule has 0 amide bonds. The van der Waals surface area contributed by atoms with Crippen molar-refractivity contribution in [2.24, 2.45) is 0 Å². The van der Waals surface area contributed by atoms with Crippen LogP contribution in [0.4, 0.5) is 0 Å². The first-order valence-electron chi connectivity index (χ1n) is 7.37. The Morgan fingerprint density at radius 3 is 2.76 bits per heavy atom. The van der Waals surface area contributed by atoms with Crippen molar-refractivity contribution in [1.82, 2.24) is 0 Å². The van der Waals surface area contributed by atoms with Gasteiger partial charge in [0.1, 0.15) is 11.5 Å². The molecular formula is C18H18O3. The van der Waals surface area contributed by atoms with Gasteiger partial charge in [-0.05, 0) is 29.7 Å². The topological polar surface area (TPSA) is 43.4 Å². The lowest BCUT2D eigenvalue weighted by Gasteiger charge is -2.24. The van der Waals surface area contributed by atoms with Crippen LogP contribution in [-0.4, -0.2) is 11.8 Å². The number of Topliss-reactive ketones (excluding diaryl/α,β-unsaturated/α-hetero) is 1. The van der Waals surface area contributed by atoms with E-state index >= 15 is 0 Å². The molecule has 1 fully saturated rings. The van der Waals surface area contributed by atoms with Crippen molar-refractivity contribution in [2.45, 2.75) is 38.5 Å². The Bertz CT molecular complexity index is 703. The predicted octanol–water partition coefficient (Wildman–Crippen LogP) is 3.99. The molecule has 108 valence electrons. The number of esters is 1. The molecule has 0 aromatic heterocycles. The predicted molar refractivity (Wildman–Crippen MR) is 81.5 cm³/mol. The Hall–Kier alpha value is -2.16. The molecule has 0 bridgehead atoms. The molecule has 0 N–H and O–H groups in total. The van der Waals surface area contributed by atoms with Gasteiger partial charge in [0, 0.05) is 25.2 Å². The van der Waals surface area contributed by atoms with Gasteiger partial charge in [0.15, 0.2) is 0 Å². The number of rotatable bonds is 2. The van der Waals surface area contributed by atoms with Crippen LogP contribution in [0.3, 0.4) is 0 Å². The minimum absolute atomic E-state index is 0.158. The minimum Gasteiger partial charge on any atom is -0.426 e. The summed E-state index contributed by atoms with van der Waals surface area (Å²) in [6, 6.07) is 11.9. The lowest BCUT2D eigenvalue weighted by atomic mass is 9.82. The molecule has 2 aromatic carbocycles. The number of benzene rings is 2. The first kappa shape index (κ1) is 13.8. The van der Waals surface area contributed by atoms with E-state index in [0.717, 1.165) is 29.2 Å². The largest absolute Gasteiger partial charge is 0.426 e. The van der Waals surface area contributed by atoms with Crippen molar-refractivity contribution in [3.05, 3.63) is 42.0 Å². The SMILES string of the molecule is CC(=O)Oc1c(C2CCCC(=O)C2)ccc2ccccc12. The van der Waals surface area contributed by atoms with Crippen molar-refractivity contribution >= 4 is 22.5 Å². The molecule has 0 spiro atoms. The van der Waals surface area contributed by atoms with E-state index < -0.39 is 0 Å². The van der Waals surface area contributed by atoms with Crippen molar-refractivity contribution < 1.29 is 14.3 Å². The summed E-state index contributed by atoms with van der Waals surface area (Å²) in [7, 11) is 0. The third-order valence-corrected chi connectivity index (χ3v) is 4.08. The smallest absolute Gasteiger partial charge is 0.308 e. The van der Waals surface area contributed by atoms with Gasteiger partial charge < -0.3 is 4.74 Å². The van der Waals surface area contributed by atoms with E-state index in [1.807, 2.05) is 36.4 Å². The summed E-state index contributed by atoms with van der Waals surface area (Å²) in [5, 5.41) is 1.97. The van der Waals surface area contributed by atoms with Crippen LogP contribution in [0.25, 0.3) is 10.8 Å². The fourth-order valence-electron chi connectivity index (χ4n) is 3.13. The summed E-state index contributed by atoms with van der Waals surface area (Å²) in [5.74, 6) is 0.758. The van der Waals surface area contributed by atoms with Crippen LogP contribution < -0.4 is 4.74 Å². The maximum absolute atomic E-state index is 11.7. The lowest BCUT2D eigenvalue weighted by Crippen LogP contribution is -2.15. The second-order valence-electron chi connectivity index (χ2n) is 5.63. The van der Waals surface area contributed by atoms with Crippen molar-refractivity contribution in [2.75, 3.05) is 0 Å². The second kappa shape index (κ2) is 5.68. The molecule has 1 aliphatic rings. The number of carbonyl (C=O) groups excluding carboxylic acids is 2. The van der Waals surface area contributed by atoms with Crippen LogP contribution in [0.2, 0.25) is 0 Å². The molecule has 0 heterocycles. The van der Waals surface area contributed by atoms with Gasteiger partial charge in [-0.25, -0.2) is 0 Å². The van der Waals surface area contributed by atoms with Gasteiger partial charge in [0.2, 0.25) is 0 Å². The quantitative estimate of drug-likeness (QED) is 0.618. The molecule has 3 nitrogen and oxygen atoms in total. The molecule has 1 saturated carbocycles. The minimum atomic E-state index is -0.324. The third kappa shape index (κ3) is 2.82. The van der Waals surface area contributed by atoms with Crippen LogP contribution >= 0.6 is 0 Å². The Morgan fingerprint density at radius 1 is 1.19 bits per heavy atom. The molecule has 1 atom stereocenters. The lowest BCUT2D eigenvalue weighted by molar-refractivity contribution is -0.131. The number of hydrogen-bond donors (Lipinski definition) is 0. The molecule has 1 unspecified atom stereocenters. The maximum Gasteiger partial charge on any atom is 0.308 e. The average Bonchev–Trinajstić information content (AvgIpc) is 2.47. The Balaban J connectivity index is 2.12. The van der Waals surface area contributed by atoms with Gasteiger partial charge >= 0.3 is 5.97 Å². The van der Waals surface area contributed by atoms with Gasteiger partial charge in [-0.3, -0.25) is 9.59 Å². The molecule has 2 aromatic rings. The number of ketones is 1. The highest BCUT2D eigenvalue weighted by Crippen LogP contribution is 2.40. The number of carbonyl (C=O) groups is 2. The highest BCUT2D eigenvalue weighted by Gasteiger charge is 2.25. The molecule has 3 heteroatoms. The zero-order valence-electron chi connectivity index (χ0n) is 12.1. The van der Waals surface area contributed by atoms with E-state index in [1.165, 1.54) is 6.92 Å². The van der Waals surface area contributed by atoms with E-state index in [9.17, 15) is 9.59 Å². The normalized spacial score (nSPS) is 18.7. The van der Waals surface area contributed by atoms with Crippen molar-refractivity contribution in [1.29, 1.82) is 0 Å². The Kier molecular flexibility index (Phi) is 3.74. The Labute approximate surface area is 123 Å². The third-order valence-electron chi connectivity index (χ3n) is 4.08. The highest BCUT2D eigenvalue weighted by atomic mass is 16.5. The molecule has 0 aliphatic heterocycles. The van der Waals surface area contributed by atoms with E-state index in [1.54, 1.807) is 0 Å². The monoisotopic (exact) mass is 282 g/mol. The van der Waals surface area contributed by atoms with E-state index in [-0.39, 0.29) is 11.9 Å². The van der Waals surface area contributed by atoms with E-state index in [2.05, 4.69) is 0 Å². The first-order valence-corrected chi connectivity index (χ1v) is 7.37. The molecule has 0 radical (unpaired) electrons. The van der Waals surface area contributed by atoms with Gasteiger partial charge in [0.05, 0.1) is 0 Å². The zero-order valence-corrected chi connectivity index (χ0v) is 12.1. The van der Waals surface area contributed by atoms with Crippen LogP contribution in [0, 0.1) is 0 Å². The zero-order chi connectivity index (χ0) is 14.8. The van der Waals surface area contributed by atoms with Gasteiger partial charge in [-0.1, -0.05) is 36.4 Å². The second-order valence-corrected chi connectivity index (χ2v) is 5.63. The summed E-state index contributed by atoms with van der Waals surface area (Å²) >= 11 is 0. The van der Waals surface area contributed by atoms with E-state index in [0.29, 0.717) is 24.4 Å². The Morgan fingerprint density at radius 2 is 2.00 bits per heavy atom. The fourth-order valence-corrected chi connectivity index (χ4v) is 3.13. The van der Waals surface area contributed by atoms with E-state index in [4.69, 9.17) is 4.74 Å². The van der Waals surface area contributed by atoms with Crippen LogP contribution in [0.15, 0.2) is 36.4 Å². The van der Waals surface area contributed by atoms with Gasteiger partial charge in [-0.15, -0.1) is 0 Å². The average molecular weight is 282 g/mol. The number of hydrogen-bond acceptors (Lipinski definition) is 3. The van der Waals surface area contributed by atoms with Crippen LogP contribution in [-0.2, 0) is 9.59 Å². The van der Waals surface area contributed by atoms with Crippen molar-refractivity contribution in [3.8, 4) is 5.75 Å². The molecule has 0 saturated heterocycles. The molecule has 1 aliphatic carbocycles. The summed E-state index contributed by atoms with van der Waals surface area (Å²) in [5.41, 5.74) is 0.983. The maximum atomic E-state index is 11.7. The number of fused-ring (bicyclic) bond motifs is 1. The summed E-state index contributed by atoms with van der Waals surface area (Å²) < 4.78 is 5.50. The summed E-state index contributed by atoms with van der Waals surface area (Å²) in [6.07, 6.45) is 3.10.